The van der Waals surface area contributed by atoms with Gasteiger partial charge in [0.25, 0.3) is 5.69 Å². The van der Waals surface area contributed by atoms with E-state index in [2.05, 4.69) is 9.88 Å². The number of nitro groups is 1. The minimum atomic E-state index is -0.404. The van der Waals surface area contributed by atoms with Gasteiger partial charge in [-0.15, -0.1) is 0 Å². The summed E-state index contributed by atoms with van der Waals surface area (Å²) in [6.07, 6.45) is 2.40. The first-order chi connectivity index (χ1) is 8.11. The van der Waals surface area contributed by atoms with E-state index in [9.17, 15) is 10.1 Å². The van der Waals surface area contributed by atoms with Crippen molar-refractivity contribution in [1.29, 1.82) is 0 Å². The molecule has 0 radical (unpaired) electrons. The summed E-state index contributed by atoms with van der Waals surface area (Å²) < 4.78 is 0. The highest BCUT2D eigenvalue weighted by atomic mass is 16.6. The van der Waals surface area contributed by atoms with E-state index in [4.69, 9.17) is 5.73 Å². The van der Waals surface area contributed by atoms with E-state index in [-0.39, 0.29) is 5.69 Å². The second-order valence-corrected chi connectivity index (χ2v) is 4.42. The largest absolute Gasteiger partial charge is 0.356 e. The van der Waals surface area contributed by atoms with Gasteiger partial charge in [0.1, 0.15) is 12.0 Å². The second-order valence-electron chi connectivity index (χ2n) is 4.42. The molecular formula is C11H16N4O2. The molecular weight excluding hydrogens is 220 g/mol. The van der Waals surface area contributed by atoms with Gasteiger partial charge >= 0.3 is 0 Å². The average molecular weight is 236 g/mol. The minimum absolute atomic E-state index is 0.0725. The maximum Gasteiger partial charge on any atom is 0.290 e. The fourth-order valence-corrected chi connectivity index (χ4v) is 2.13. The van der Waals surface area contributed by atoms with Crippen LogP contribution in [0.4, 0.5) is 11.5 Å². The summed E-state index contributed by atoms with van der Waals surface area (Å²) in [4.78, 5) is 16.6. The molecule has 0 aromatic carbocycles. The van der Waals surface area contributed by atoms with E-state index in [1.807, 2.05) is 0 Å². The van der Waals surface area contributed by atoms with Gasteiger partial charge in [0.05, 0.1) is 4.92 Å². The Balaban J connectivity index is 2.18. The maximum atomic E-state index is 10.7. The van der Waals surface area contributed by atoms with E-state index in [1.165, 1.54) is 6.20 Å². The van der Waals surface area contributed by atoms with Crippen LogP contribution >= 0.6 is 0 Å². The molecule has 6 heteroatoms. The van der Waals surface area contributed by atoms with Crippen LogP contribution in [0.25, 0.3) is 0 Å². The summed E-state index contributed by atoms with van der Waals surface area (Å²) in [7, 11) is 0. The van der Waals surface area contributed by atoms with Crippen LogP contribution in [0, 0.1) is 23.0 Å². The monoisotopic (exact) mass is 236 g/mol. The number of nitrogens with two attached hydrogens (primary N) is 1. The van der Waals surface area contributed by atoms with Crippen molar-refractivity contribution < 1.29 is 4.92 Å². The molecule has 0 amide bonds. The van der Waals surface area contributed by atoms with E-state index < -0.39 is 4.92 Å². The van der Waals surface area contributed by atoms with Crippen molar-refractivity contribution in [1.82, 2.24) is 4.98 Å². The summed E-state index contributed by atoms with van der Waals surface area (Å²) >= 11 is 0. The zero-order valence-corrected chi connectivity index (χ0v) is 9.80. The van der Waals surface area contributed by atoms with Crippen LogP contribution in [0.3, 0.4) is 0 Å². The molecule has 1 aromatic heterocycles. The SMILES string of the molecule is Cc1cc(N2CCC(CN)C2)ncc1[N+](=O)[O-]. The lowest BCUT2D eigenvalue weighted by Crippen LogP contribution is -2.23. The number of hydrogen-bond acceptors (Lipinski definition) is 5. The number of aryl methyl sites for hydroxylation is 1. The van der Waals surface area contributed by atoms with Gasteiger partial charge in [-0.1, -0.05) is 0 Å². The Hall–Kier alpha value is -1.69. The van der Waals surface area contributed by atoms with Crippen LogP contribution in [0.1, 0.15) is 12.0 Å². The first kappa shape index (κ1) is 11.8. The average Bonchev–Trinajstić information content (AvgIpc) is 2.76. The normalized spacial score (nSPS) is 19.6. The standard InChI is InChI=1S/C11H16N4O2/c1-8-4-11(13-6-10(8)15(16)17)14-3-2-9(5-12)7-14/h4,6,9H,2-3,5,7,12H2,1H3. The molecule has 0 spiro atoms. The molecule has 1 aromatic rings. The highest BCUT2D eigenvalue weighted by Gasteiger charge is 2.23. The van der Waals surface area contributed by atoms with Crippen LogP contribution in [-0.4, -0.2) is 29.5 Å². The third-order valence-electron chi connectivity index (χ3n) is 3.21. The summed E-state index contributed by atoms with van der Waals surface area (Å²) in [6.45, 7) is 4.23. The lowest BCUT2D eigenvalue weighted by atomic mass is 10.1. The lowest BCUT2D eigenvalue weighted by molar-refractivity contribution is -0.385. The van der Waals surface area contributed by atoms with E-state index >= 15 is 0 Å². The predicted octanol–water partition coefficient (Wildman–Crippen LogP) is 1.08. The molecule has 2 heterocycles. The summed E-state index contributed by atoms with van der Waals surface area (Å²) in [5.74, 6) is 1.32. The zero-order chi connectivity index (χ0) is 12.4. The highest BCUT2D eigenvalue weighted by molar-refractivity contribution is 5.49. The zero-order valence-electron chi connectivity index (χ0n) is 9.80. The number of anilines is 1. The van der Waals surface area contributed by atoms with Crippen molar-refractivity contribution in [2.45, 2.75) is 13.3 Å². The molecule has 0 bridgehead atoms. The molecule has 1 fully saturated rings. The van der Waals surface area contributed by atoms with Gasteiger partial charge in [-0.25, -0.2) is 4.98 Å². The van der Waals surface area contributed by atoms with Crippen molar-refractivity contribution in [3.8, 4) is 0 Å². The quantitative estimate of drug-likeness (QED) is 0.627. The van der Waals surface area contributed by atoms with Crippen LogP contribution < -0.4 is 10.6 Å². The van der Waals surface area contributed by atoms with Crippen molar-refractivity contribution in [3.05, 3.63) is 27.9 Å². The number of rotatable bonds is 3. The van der Waals surface area contributed by atoms with E-state index in [0.717, 1.165) is 25.3 Å². The summed E-state index contributed by atoms with van der Waals surface area (Å²) in [5.41, 5.74) is 6.35. The number of aromatic nitrogens is 1. The fourth-order valence-electron chi connectivity index (χ4n) is 2.13. The van der Waals surface area contributed by atoms with Gasteiger partial charge in [0.2, 0.25) is 0 Å². The Morgan fingerprint density at radius 2 is 2.47 bits per heavy atom. The predicted molar refractivity (Wildman–Crippen MR) is 65.0 cm³/mol. The van der Waals surface area contributed by atoms with Gasteiger partial charge in [0.15, 0.2) is 0 Å². The van der Waals surface area contributed by atoms with Gasteiger partial charge in [0, 0.05) is 18.7 Å². The highest BCUT2D eigenvalue weighted by Crippen LogP contribution is 2.25. The first-order valence-corrected chi connectivity index (χ1v) is 5.68. The Labute approximate surface area is 99.6 Å². The fraction of sp³-hybridized carbons (Fsp3) is 0.545. The molecule has 1 saturated heterocycles. The summed E-state index contributed by atoms with van der Waals surface area (Å²) in [6, 6.07) is 1.77. The number of pyridine rings is 1. The van der Waals surface area contributed by atoms with Crippen LogP contribution in [0.2, 0.25) is 0 Å². The number of hydrogen-bond donors (Lipinski definition) is 1. The molecule has 6 nitrogen and oxygen atoms in total. The number of nitrogens with zero attached hydrogens (tertiary/aromatic N) is 3. The third kappa shape index (κ3) is 2.36. The summed E-state index contributed by atoms with van der Waals surface area (Å²) in [5, 5.41) is 10.7. The Morgan fingerprint density at radius 1 is 1.71 bits per heavy atom. The topological polar surface area (TPSA) is 85.3 Å². The first-order valence-electron chi connectivity index (χ1n) is 5.68. The Kier molecular flexibility index (Phi) is 3.23. The molecule has 92 valence electrons. The Morgan fingerprint density at radius 3 is 3.00 bits per heavy atom. The molecule has 1 aliphatic rings. The van der Waals surface area contributed by atoms with E-state index in [0.29, 0.717) is 18.0 Å². The van der Waals surface area contributed by atoms with Crippen LogP contribution in [0.15, 0.2) is 12.3 Å². The van der Waals surface area contributed by atoms with Crippen LogP contribution in [0.5, 0.6) is 0 Å². The molecule has 2 N–H and O–H groups in total. The lowest BCUT2D eigenvalue weighted by Gasteiger charge is -2.17. The molecule has 1 unspecified atom stereocenters. The molecule has 17 heavy (non-hydrogen) atoms. The van der Waals surface area contributed by atoms with Crippen molar-refractivity contribution in [2.75, 3.05) is 24.5 Å². The van der Waals surface area contributed by atoms with Crippen molar-refractivity contribution in [2.24, 2.45) is 11.7 Å². The smallest absolute Gasteiger partial charge is 0.290 e. The Bertz CT molecular complexity index is 435. The molecule has 1 atom stereocenters. The van der Waals surface area contributed by atoms with Gasteiger partial charge in [-0.3, -0.25) is 10.1 Å². The van der Waals surface area contributed by atoms with Crippen molar-refractivity contribution >= 4 is 11.5 Å². The van der Waals surface area contributed by atoms with Gasteiger partial charge < -0.3 is 10.6 Å². The van der Waals surface area contributed by atoms with Gasteiger partial charge in [-0.05, 0) is 31.9 Å². The maximum absolute atomic E-state index is 10.7. The van der Waals surface area contributed by atoms with Gasteiger partial charge in [-0.2, -0.15) is 0 Å². The molecule has 0 saturated carbocycles. The molecule has 1 aliphatic heterocycles. The van der Waals surface area contributed by atoms with Crippen molar-refractivity contribution in [3.63, 3.8) is 0 Å². The molecule has 0 aliphatic carbocycles. The van der Waals surface area contributed by atoms with E-state index in [1.54, 1.807) is 13.0 Å². The minimum Gasteiger partial charge on any atom is -0.356 e. The molecule has 2 rings (SSSR count). The second kappa shape index (κ2) is 4.67. The van der Waals surface area contributed by atoms with Crippen LogP contribution in [-0.2, 0) is 0 Å². The third-order valence-corrected chi connectivity index (χ3v) is 3.21.